The molecule has 1 unspecified atom stereocenters. The zero-order valence-corrected chi connectivity index (χ0v) is 10.6. The first-order chi connectivity index (χ1) is 7.65. The van der Waals surface area contributed by atoms with E-state index >= 15 is 0 Å². The number of rotatable bonds is 3. The second kappa shape index (κ2) is 4.82. The van der Waals surface area contributed by atoms with Gasteiger partial charge >= 0.3 is 0 Å². The zero-order chi connectivity index (χ0) is 11.6. The number of ether oxygens (including phenoxy) is 1. The van der Waals surface area contributed by atoms with E-state index < -0.39 is 0 Å². The van der Waals surface area contributed by atoms with Crippen molar-refractivity contribution < 1.29 is 9.13 Å². The molecule has 0 saturated carbocycles. The molecule has 0 amide bonds. The first kappa shape index (κ1) is 12.0. The van der Waals surface area contributed by atoms with Gasteiger partial charge in [0.05, 0.1) is 6.61 Å². The van der Waals surface area contributed by atoms with Gasteiger partial charge in [-0.15, -0.1) is 0 Å². The molecule has 0 aromatic heterocycles. The predicted octanol–water partition coefficient (Wildman–Crippen LogP) is 2.50. The Balaban J connectivity index is 2.19. The van der Waals surface area contributed by atoms with Crippen LogP contribution in [0.25, 0.3) is 0 Å². The van der Waals surface area contributed by atoms with E-state index in [9.17, 15) is 4.39 Å². The van der Waals surface area contributed by atoms with Crippen molar-refractivity contribution in [2.75, 3.05) is 19.8 Å². The summed E-state index contributed by atoms with van der Waals surface area (Å²) in [6, 6.07) is 5.17. The van der Waals surface area contributed by atoms with Gasteiger partial charge in [-0.2, -0.15) is 0 Å². The van der Waals surface area contributed by atoms with Gasteiger partial charge in [-0.1, -0.05) is 22.0 Å². The Morgan fingerprint density at radius 3 is 2.88 bits per heavy atom. The van der Waals surface area contributed by atoms with Gasteiger partial charge in [-0.25, -0.2) is 4.39 Å². The van der Waals surface area contributed by atoms with E-state index in [0.717, 1.165) is 23.1 Å². The molecular formula is C12H15BrFNO. The molecule has 2 N–H and O–H groups in total. The summed E-state index contributed by atoms with van der Waals surface area (Å²) >= 11 is 3.25. The number of hydrogen-bond donors (Lipinski definition) is 1. The molecule has 0 spiro atoms. The van der Waals surface area contributed by atoms with Gasteiger partial charge in [0.1, 0.15) is 5.82 Å². The summed E-state index contributed by atoms with van der Waals surface area (Å²) < 4.78 is 19.8. The minimum Gasteiger partial charge on any atom is -0.381 e. The average Bonchev–Trinajstić information content (AvgIpc) is 2.72. The maximum atomic E-state index is 13.7. The minimum atomic E-state index is -0.172. The molecule has 2 rings (SSSR count). The lowest BCUT2D eigenvalue weighted by Crippen LogP contribution is -2.33. The highest BCUT2D eigenvalue weighted by atomic mass is 79.9. The summed E-state index contributed by atoms with van der Waals surface area (Å²) in [4.78, 5) is 0. The van der Waals surface area contributed by atoms with Crippen LogP contribution >= 0.6 is 15.9 Å². The maximum absolute atomic E-state index is 13.7. The third-order valence-electron chi connectivity index (χ3n) is 3.20. The van der Waals surface area contributed by atoms with Crippen LogP contribution in [0.3, 0.4) is 0 Å². The van der Waals surface area contributed by atoms with Crippen LogP contribution in [0.2, 0.25) is 0 Å². The topological polar surface area (TPSA) is 35.2 Å². The van der Waals surface area contributed by atoms with Crippen molar-refractivity contribution in [3.8, 4) is 0 Å². The SMILES string of the molecule is NCC1(Cc2ccc(Br)cc2F)CCOC1. The van der Waals surface area contributed by atoms with Crippen LogP contribution in [0.15, 0.2) is 22.7 Å². The van der Waals surface area contributed by atoms with Gasteiger partial charge < -0.3 is 10.5 Å². The van der Waals surface area contributed by atoms with Gasteiger partial charge in [0.2, 0.25) is 0 Å². The zero-order valence-electron chi connectivity index (χ0n) is 9.01. The standard InChI is InChI=1S/C12H15BrFNO/c13-10-2-1-9(11(14)5-10)6-12(7-15)3-4-16-8-12/h1-2,5H,3-4,6-8,15H2. The number of benzene rings is 1. The smallest absolute Gasteiger partial charge is 0.127 e. The Hall–Kier alpha value is -0.450. The summed E-state index contributed by atoms with van der Waals surface area (Å²) in [5.74, 6) is -0.172. The van der Waals surface area contributed by atoms with Crippen molar-refractivity contribution in [1.29, 1.82) is 0 Å². The second-order valence-electron chi connectivity index (χ2n) is 4.42. The first-order valence-corrected chi connectivity index (χ1v) is 6.16. The Bertz CT molecular complexity index is 377. The fraction of sp³-hybridized carbons (Fsp3) is 0.500. The molecule has 1 fully saturated rings. The molecule has 1 aliphatic heterocycles. The van der Waals surface area contributed by atoms with E-state index in [4.69, 9.17) is 10.5 Å². The van der Waals surface area contributed by atoms with Gasteiger partial charge in [-0.3, -0.25) is 0 Å². The Kier molecular flexibility index (Phi) is 3.62. The predicted molar refractivity (Wildman–Crippen MR) is 64.7 cm³/mol. The molecule has 4 heteroatoms. The molecule has 88 valence electrons. The quantitative estimate of drug-likeness (QED) is 0.927. The van der Waals surface area contributed by atoms with Crippen molar-refractivity contribution in [3.63, 3.8) is 0 Å². The number of halogens is 2. The third-order valence-corrected chi connectivity index (χ3v) is 3.69. The molecule has 0 bridgehead atoms. The van der Waals surface area contributed by atoms with Crippen LogP contribution in [0, 0.1) is 11.2 Å². The Labute approximate surface area is 103 Å². The third kappa shape index (κ3) is 2.44. The van der Waals surface area contributed by atoms with Crippen molar-refractivity contribution in [3.05, 3.63) is 34.1 Å². The highest BCUT2D eigenvalue weighted by Crippen LogP contribution is 2.32. The fourth-order valence-electron chi connectivity index (χ4n) is 2.09. The summed E-state index contributed by atoms with van der Waals surface area (Å²) in [6.07, 6.45) is 1.57. The van der Waals surface area contributed by atoms with Crippen molar-refractivity contribution in [2.45, 2.75) is 12.8 Å². The van der Waals surface area contributed by atoms with E-state index in [1.165, 1.54) is 6.07 Å². The van der Waals surface area contributed by atoms with E-state index in [1.807, 2.05) is 12.1 Å². The summed E-state index contributed by atoms with van der Waals surface area (Å²) in [7, 11) is 0. The Morgan fingerprint density at radius 2 is 2.31 bits per heavy atom. The lowest BCUT2D eigenvalue weighted by molar-refractivity contribution is 0.154. The molecule has 1 heterocycles. The van der Waals surface area contributed by atoms with Crippen molar-refractivity contribution >= 4 is 15.9 Å². The second-order valence-corrected chi connectivity index (χ2v) is 5.33. The van der Waals surface area contributed by atoms with Crippen LogP contribution in [0.5, 0.6) is 0 Å². The van der Waals surface area contributed by atoms with Crippen molar-refractivity contribution in [1.82, 2.24) is 0 Å². The van der Waals surface area contributed by atoms with Crippen LogP contribution < -0.4 is 5.73 Å². The van der Waals surface area contributed by atoms with Crippen LogP contribution in [0.1, 0.15) is 12.0 Å². The average molecular weight is 288 g/mol. The molecule has 1 aliphatic rings. The maximum Gasteiger partial charge on any atom is 0.127 e. The van der Waals surface area contributed by atoms with Gasteiger partial charge in [0, 0.05) is 23.0 Å². The molecule has 1 saturated heterocycles. The van der Waals surface area contributed by atoms with Gasteiger partial charge in [0.25, 0.3) is 0 Å². The first-order valence-electron chi connectivity index (χ1n) is 5.37. The Morgan fingerprint density at radius 1 is 1.50 bits per heavy atom. The molecule has 2 nitrogen and oxygen atoms in total. The van der Waals surface area contributed by atoms with Gasteiger partial charge in [-0.05, 0) is 30.5 Å². The highest BCUT2D eigenvalue weighted by Gasteiger charge is 2.34. The fourth-order valence-corrected chi connectivity index (χ4v) is 2.42. The van der Waals surface area contributed by atoms with E-state index in [2.05, 4.69) is 15.9 Å². The normalized spacial score (nSPS) is 24.9. The lowest BCUT2D eigenvalue weighted by Gasteiger charge is -2.25. The molecule has 0 radical (unpaired) electrons. The molecule has 1 atom stereocenters. The summed E-state index contributed by atoms with van der Waals surface area (Å²) in [6.45, 7) is 1.91. The summed E-state index contributed by atoms with van der Waals surface area (Å²) in [5.41, 5.74) is 6.43. The van der Waals surface area contributed by atoms with Gasteiger partial charge in [0.15, 0.2) is 0 Å². The highest BCUT2D eigenvalue weighted by molar-refractivity contribution is 9.10. The largest absolute Gasteiger partial charge is 0.381 e. The van der Waals surface area contributed by atoms with Crippen LogP contribution in [0.4, 0.5) is 4.39 Å². The minimum absolute atomic E-state index is 0.0747. The molecule has 1 aromatic carbocycles. The van der Waals surface area contributed by atoms with Crippen LogP contribution in [-0.4, -0.2) is 19.8 Å². The van der Waals surface area contributed by atoms with E-state index in [-0.39, 0.29) is 11.2 Å². The molecule has 16 heavy (non-hydrogen) atoms. The lowest BCUT2D eigenvalue weighted by atomic mass is 9.81. The number of nitrogens with two attached hydrogens (primary N) is 1. The molecular weight excluding hydrogens is 273 g/mol. The van der Waals surface area contributed by atoms with E-state index in [0.29, 0.717) is 19.6 Å². The van der Waals surface area contributed by atoms with E-state index in [1.54, 1.807) is 0 Å². The monoisotopic (exact) mass is 287 g/mol. The molecule has 1 aromatic rings. The van der Waals surface area contributed by atoms with Crippen LogP contribution in [-0.2, 0) is 11.2 Å². The van der Waals surface area contributed by atoms with Crippen molar-refractivity contribution in [2.24, 2.45) is 11.1 Å². The summed E-state index contributed by atoms with van der Waals surface area (Å²) in [5, 5.41) is 0. The number of hydrogen-bond acceptors (Lipinski definition) is 2. The molecule has 0 aliphatic carbocycles.